The molecule has 0 radical (unpaired) electrons. The first-order valence-electron chi connectivity index (χ1n) is 12.1. The van der Waals surface area contributed by atoms with Crippen LogP contribution in [0.15, 0.2) is 29.2 Å². The molecule has 0 bridgehead atoms. The van der Waals surface area contributed by atoms with Gasteiger partial charge >= 0.3 is 5.97 Å². The van der Waals surface area contributed by atoms with Gasteiger partial charge in [-0.15, -0.1) is 11.3 Å². The van der Waals surface area contributed by atoms with Crippen LogP contribution in [-0.4, -0.2) is 68.2 Å². The van der Waals surface area contributed by atoms with Crippen molar-refractivity contribution in [1.82, 2.24) is 14.6 Å². The molecule has 2 saturated carbocycles. The minimum atomic E-state index is -3.83. The van der Waals surface area contributed by atoms with E-state index in [1.807, 2.05) is 6.92 Å². The fraction of sp³-hybridized carbons (Fsp3) is 0.583. The number of thiazole rings is 1. The summed E-state index contributed by atoms with van der Waals surface area (Å²) >= 11 is 1.13. The summed E-state index contributed by atoms with van der Waals surface area (Å²) in [5, 5.41) is 4.03. The van der Waals surface area contributed by atoms with E-state index in [1.54, 1.807) is 6.92 Å². The van der Waals surface area contributed by atoms with Crippen LogP contribution in [0.3, 0.4) is 0 Å². The standard InChI is InChI=1S/C24H29F2N3O5S2/c1-3-33-23(30)20-21(28-22(35-20)16-8-18(16)26)34-11-14(2)27-15-9-24(10-15)12-29(13-24)36(31,32)19-7-5-4-6-17(19)25/h4-7,14-16,18,27H,3,8-13H2,1-2H3/t14-,16+,18-/m1/s1. The molecule has 1 aromatic heterocycles. The van der Waals surface area contributed by atoms with E-state index in [4.69, 9.17) is 9.47 Å². The molecule has 12 heteroatoms. The van der Waals surface area contributed by atoms with Gasteiger partial charge < -0.3 is 14.8 Å². The second-order valence-electron chi connectivity index (χ2n) is 9.95. The third-order valence-electron chi connectivity index (χ3n) is 6.93. The lowest BCUT2D eigenvalue weighted by molar-refractivity contribution is -0.0375. The molecule has 0 unspecified atom stereocenters. The molecule has 196 valence electrons. The van der Waals surface area contributed by atoms with Crippen LogP contribution in [0.2, 0.25) is 0 Å². The van der Waals surface area contributed by atoms with Gasteiger partial charge in [0.05, 0.1) is 6.61 Å². The van der Waals surface area contributed by atoms with Gasteiger partial charge in [-0.25, -0.2) is 27.0 Å². The van der Waals surface area contributed by atoms with Crippen molar-refractivity contribution in [2.24, 2.45) is 5.41 Å². The highest BCUT2D eigenvalue weighted by atomic mass is 32.2. The molecular weight excluding hydrogens is 512 g/mol. The monoisotopic (exact) mass is 541 g/mol. The third kappa shape index (κ3) is 4.88. The number of hydrogen-bond donors (Lipinski definition) is 1. The van der Waals surface area contributed by atoms with Crippen LogP contribution in [-0.2, 0) is 14.8 Å². The average molecular weight is 542 g/mol. The van der Waals surface area contributed by atoms with Gasteiger partial charge in [0.2, 0.25) is 15.9 Å². The van der Waals surface area contributed by atoms with Crippen molar-refractivity contribution in [3.8, 4) is 5.88 Å². The minimum absolute atomic E-state index is 0.0549. The number of carbonyl (C=O) groups excluding carboxylic acids is 1. The number of nitrogens with zero attached hydrogens (tertiary/aromatic N) is 2. The third-order valence-corrected chi connectivity index (χ3v) is 9.90. The normalized spacial score (nSPS) is 24.1. The number of benzene rings is 1. The topological polar surface area (TPSA) is 97.8 Å². The van der Waals surface area contributed by atoms with Crippen molar-refractivity contribution in [3.05, 3.63) is 40.0 Å². The first-order valence-corrected chi connectivity index (χ1v) is 14.3. The Bertz CT molecular complexity index is 1240. The average Bonchev–Trinajstić information content (AvgIpc) is 3.35. The summed E-state index contributed by atoms with van der Waals surface area (Å²) in [6, 6.07) is 5.58. The smallest absolute Gasteiger partial charge is 0.353 e. The maximum Gasteiger partial charge on any atom is 0.353 e. The number of hydrogen-bond acceptors (Lipinski definition) is 8. The number of alkyl halides is 1. The van der Waals surface area contributed by atoms with Crippen LogP contribution in [0, 0.1) is 11.2 Å². The molecule has 1 spiro atoms. The molecule has 2 aliphatic carbocycles. The molecule has 3 atom stereocenters. The highest BCUT2D eigenvalue weighted by molar-refractivity contribution is 7.89. The summed E-state index contributed by atoms with van der Waals surface area (Å²) in [6.07, 6.45) is 1.12. The summed E-state index contributed by atoms with van der Waals surface area (Å²) in [4.78, 5) is 16.6. The van der Waals surface area contributed by atoms with Gasteiger partial charge in [-0.2, -0.15) is 4.31 Å². The van der Waals surface area contributed by atoms with Gasteiger partial charge in [0.1, 0.15) is 28.5 Å². The Kier molecular flexibility index (Phi) is 6.81. The molecule has 1 N–H and O–H groups in total. The lowest BCUT2D eigenvalue weighted by Crippen LogP contribution is -2.67. The Morgan fingerprint density at radius 3 is 2.67 bits per heavy atom. The second-order valence-corrected chi connectivity index (χ2v) is 12.9. The van der Waals surface area contributed by atoms with Gasteiger partial charge in [0.25, 0.3) is 0 Å². The van der Waals surface area contributed by atoms with E-state index in [0.717, 1.165) is 30.2 Å². The van der Waals surface area contributed by atoms with E-state index in [9.17, 15) is 22.0 Å². The van der Waals surface area contributed by atoms with Gasteiger partial charge in [-0.1, -0.05) is 12.1 Å². The van der Waals surface area contributed by atoms with Crippen LogP contribution >= 0.6 is 11.3 Å². The summed E-state index contributed by atoms with van der Waals surface area (Å²) < 4.78 is 65.2. The maximum absolute atomic E-state index is 14.0. The SMILES string of the molecule is CCOC(=O)c1sc([C@H]2C[C@H]2F)nc1OC[C@@H](C)NC1CC2(C1)CN(S(=O)(=O)c1ccccc1F)C2. The Morgan fingerprint density at radius 1 is 1.33 bits per heavy atom. The van der Waals surface area contributed by atoms with Crippen LogP contribution in [0.25, 0.3) is 0 Å². The number of aromatic nitrogens is 1. The lowest BCUT2D eigenvalue weighted by atomic mass is 9.61. The number of nitrogens with one attached hydrogen (secondary N) is 1. The number of sulfonamides is 1. The molecule has 2 aromatic rings. The van der Waals surface area contributed by atoms with E-state index in [2.05, 4.69) is 10.3 Å². The number of carbonyl (C=O) groups is 1. The quantitative estimate of drug-likeness (QED) is 0.460. The zero-order valence-corrected chi connectivity index (χ0v) is 21.7. The number of halogens is 2. The molecular formula is C24H29F2N3O5S2. The molecule has 1 aliphatic heterocycles. The van der Waals surface area contributed by atoms with Crippen LogP contribution in [0.5, 0.6) is 5.88 Å². The molecule has 8 nitrogen and oxygen atoms in total. The Balaban J connectivity index is 1.11. The molecule has 1 aromatic carbocycles. The lowest BCUT2D eigenvalue weighted by Gasteiger charge is -2.58. The molecule has 5 rings (SSSR count). The van der Waals surface area contributed by atoms with E-state index in [-0.39, 0.29) is 52.3 Å². The molecule has 3 aliphatic rings. The highest BCUT2D eigenvalue weighted by Crippen LogP contribution is 2.50. The van der Waals surface area contributed by atoms with Crippen molar-refractivity contribution >= 4 is 27.3 Å². The van der Waals surface area contributed by atoms with Crippen molar-refractivity contribution in [3.63, 3.8) is 0 Å². The predicted molar refractivity (Wildman–Crippen MR) is 129 cm³/mol. The maximum atomic E-state index is 14.0. The predicted octanol–water partition coefficient (Wildman–Crippen LogP) is 3.49. The van der Waals surface area contributed by atoms with Crippen molar-refractivity contribution in [2.75, 3.05) is 26.3 Å². The first-order chi connectivity index (χ1) is 17.1. The highest BCUT2D eigenvalue weighted by Gasteiger charge is 2.56. The van der Waals surface area contributed by atoms with E-state index in [0.29, 0.717) is 24.5 Å². The largest absolute Gasteiger partial charge is 0.475 e. The van der Waals surface area contributed by atoms with E-state index < -0.39 is 28.0 Å². The zero-order valence-electron chi connectivity index (χ0n) is 20.1. The van der Waals surface area contributed by atoms with Crippen LogP contribution < -0.4 is 10.1 Å². The first kappa shape index (κ1) is 25.5. The minimum Gasteiger partial charge on any atom is -0.475 e. The van der Waals surface area contributed by atoms with E-state index >= 15 is 0 Å². The Labute approximate surface area is 213 Å². The van der Waals surface area contributed by atoms with Crippen LogP contribution in [0.1, 0.15) is 53.7 Å². The summed E-state index contributed by atoms with van der Waals surface area (Å²) in [5.74, 6) is -1.35. The van der Waals surface area contributed by atoms with Crippen molar-refractivity contribution < 1.29 is 31.5 Å². The second kappa shape index (κ2) is 9.62. The fourth-order valence-corrected chi connectivity index (χ4v) is 7.80. The number of ether oxygens (including phenoxy) is 2. The molecule has 3 fully saturated rings. The fourth-order valence-electron chi connectivity index (χ4n) is 5.00. The Morgan fingerprint density at radius 2 is 2.03 bits per heavy atom. The van der Waals surface area contributed by atoms with Gasteiger partial charge in [-0.05, 0) is 45.2 Å². The molecule has 2 heterocycles. The molecule has 1 saturated heterocycles. The number of esters is 1. The number of rotatable bonds is 10. The summed E-state index contributed by atoms with van der Waals surface area (Å²) in [5.41, 5.74) is -0.0787. The molecule has 36 heavy (non-hydrogen) atoms. The van der Waals surface area contributed by atoms with Crippen LogP contribution in [0.4, 0.5) is 8.78 Å². The molecule has 0 amide bonds. The van der Waals surface area contributed by atoms with Gasteiger partial charge in [-0.3, -0.25) is 0 Å². The summed E-state index contributed by atoms with van der Waals surface area (Å²) in [6.45, 7) is 4.92. The van der Waals surface area contributed by atoms with E-state index in [1.165, 1.54) is 22.5 Å². The Hall–Kier alpha value is -2.15. The van der Waals surface area contributed by atoms with Crippen molar-refractivity contribution in [2.45, 2.75) is 62.2 Å². The van der Waals surface area contributed by atoms with Crippen molar-refractivity contribution in [1.29, 1.82) is 0 Å². The zero-order chi connectivity index (χ0) is 25.7. The van der Waals surface area contributed by atoms with Gasteiger partial charge in [0.15, 0.2) is 4.88 Å². The summed E-state index contributed by atoms with van der Waals surface area (Å²) in [7, 11) is -3.83. The van der Waals surface area contributed by atoms with Gasteiger partial charge in [0, 0.05) is 36.5 Å².